The van der Waals surface area contributed by atoms with Crippen LogP contribution >= 0.6 is 0 Å². The number of piperidine rings is 1. The molecule has 2 saturated heterocycles. The van der Waals surface area contributed by atoms with Crippen molar-refractivity contribution in [3.63, 3.8) is 0 Å². The highest BCUT2D eigenvalue weighted by Crippen LogP contribution is 2.38. The Balaban J connectivity index is 0.860. The van der Waals surface area contributed by atoms with E-state index in [4.69, 9.17) is 4.98 Å². The summed E-state index contributed by atoms with van der Waals surface area (Å²) in [5, 5.41) is 4.87. The number of rotatable bonds is 6. The molecule has 9 rings (SSSR count). The first-order chi connectivity index (χ1) is 24.9. The maximum absolute atomic E-state index is 13.9. The van der Waals surface area contributed by atoms with E-state index in [1.54, 1.807) is 12.4 Å². The molecule has 3 aliphatic heterocycles. The third-order valence-electron chi connectivity index (χ3n) is 11.4. The third-order valence-corrected chi connectivity index (χ3v) is 11.4. The lowest BCUT2D eigenvalue weighted by Crippen LogP contribution is -2.57. The summed E-state index contributed by atoms with van der Waals surface area (Å²) in [6.45, 7) is 4.55. The minimum absolute atomic E-state index is 0.0906. The van der Waals surface area contributed by atoms with Gasteiger partial charge in [0.15, 0.2) is 0 Å². The first-order valence-electron chi connectivity index (χ1n) is 18.0. The van der Waals surface area contributed by atoms with Crippen molar-refractivity contribution in [2.45, 2.75) is 63.2 Å². The first kappa shape index (κ1) is 31.7. The third kappa shape index (κ3) is 5.61. The molecule has 1 unspecified atom stereocenters. The summed E-state index contributed by atoms with van der Waals surface area (Å²) < 4.78 is 2.39. The van der Waals surface area contributed by atoms with Gasteiger partial charge in [0.1, 0.15) is 18.0 Å². The van der Waals surface area contributed by atoms with E-state index in [0.29, 0.717) is 35.1 Å². The molecule has 0 bridgehead atoms. The zero-order valence-corrected chi connectivity index (χ0v) is 28.3. The second kappa shape index (κ2) is 12.8. The lowest BCUT2D eigenvalue weighted by atomic mass is 9.89. The number of fused-ring (bicyclic) bond motifs is 1. The standard InChI is InChI=1S/C40H39N7O4/c48-35-14-13-34(38(49)43-35)47-39(50)30-8-4-7-27-19-25(20-31(36(27)30)40(47)51)22-44-15-17-45(18-16-44)28-9-11-29(12-10-28)46-23-33(26-5-2-1-3-6-26)32-21-41-24-42-37(32)46/h1-8,19-21,23-24,28-29,34H,9-18,22H2,(H,43,48,49). The molecular formula is C40H39N7O4. The highest BCUT2D eigenvalue weighted by molar-refractivity contribution is 6.27. The average molecular weight is 682 g/mol. The van der Waals surface area contributed by atoms with Crippen molar-refractivity contribution < 1.29 is 19.2 Å². The van der Waals surface area contributed by atoms with Crippen LogP contribution in [-0.4, -0.2) is 91.1 Å². The molecule has 2 aromatic heterocycles. The predicted octanol–water partition coefficient (Wildman–Crippen LogP) is 4.95. The van der Waals surface area contributed by atoms with Crippen LogP contribution in [0.5, 0.6) is 0 Å². The Morgan fingerprint density at radius 1 is 0.765 bits per heavy atom. The largest absolute Gasteiger partial charge is 0.329 e. The number of amides is 4. The number of hydrogen-bond acceptors (Lipinski definition) is 8. The van der Waals surface area contributed by atoms with Gasteiger partial charge in [-0.1, -0.05) is 42.5 Å². The lowest BCUT2D eigenvalue weighted by molar-refractivity contribution is -0.136. The fraction of sp³-hybridized carbons (Fsp3) is 0.350. The van der Waals surface area contributed by atoms with E-state index in [0.717, 1.165) is 78.7 Å². The van der Waals surface area contributed by atoms with Crippen molar-refractivity contribution in [2.24, 2.45) is 0 Å². The molecule has 3 aromatic carbocycles. The topological polar surface area (TPSA) is 121 Å². The Morgan fingerprint density at radius 3 is 2.31 bits per heavy atom. The molecule has 51 heavy (non-hydrogen) atoms. The number of benzene rings is 3. The number of aromatic nitrogens is 3. The minimum Gasteiger partial charge on any atom is -0.329 e. The molecular weight excluding hydrogens is 642 g/mol. The van der Waals surface area contributed by atoms with Gasteiger partial charge in [-0.25, -0.2) is 9.97 Å². The van der Waals surface area contributed by atoms with E-state index >= 15 is 0 Å². The zero-order valence-electron chi connectivity index (χ0n) is 28.3. The first-order valence-corrected chi connectivity index (χ1v) is 18.0. The van der Waals surface area contributed by atoms with Gasteiger partial charge in [-0.15, -0.1) is 0 Å². The van der Waals surface area contributed by atoms with Crippen LogP contribution in [0.3, 0.4) is 0 Å². The van der Waals surface area contributed by atoms with Gasteiger partial charge >= 0.3 is 0 Å². The van der Waals surface area contributed by atoms with Crippen molar-refractivity contribution in [1.82, 2.24) is 34.6 Å². The molecule has 4 aliphatic rings. The van der Waals surface area contributed by atoms with E-state index in [-0.39, 0.29) is 18.7 Å². The van der Waals surface area contributed by atoms with E-state index in [1.165, 1.54) is 11.1 Å². The van der Waals surface area contributed by atoms with Gasteiger partial charge in [-0.2, -0.15) is 0 Å². The zero-order chi connectivity index (χ0) is 34.6. The van der Waals surface area contributed by atoms with Crippen LogP contribution in [0.2, 0.25) is 0 Å². The summed E-state index contributed by atoms with van der Waals surface area (Å²) in [6, 6.07) is 19.9. The highest BCUT2D eigenvalue weighted by Gasteiger charge is 2.43. The van der Waals surface area contributed by atoms with Crippen LogP contribution in [0.4, 0.5) is 0 Å². The summed E-state index contributed by atoms with van der Waals surface area (Å²) in [6.07, 6.45) is 10.6. The molecule has 3 fully saturated rings. The number of hydrogen-bond donors (Lipinski definition) is 1. The Hall–Kier alpha value is -5.26. The minimum atomic E-state index is -0.999. The summed E-state index contributed by atoms with van der Waals surface area (Å²) in [7, 11) is 0. The quantitative estimate of drug-likeness (QED) is 0.250. The van der Waals surface area contributed by atoms with E-state index in [9.17, 15) is 19.2 Å². The van der Waals surface area contributed by atoms with Gasteiger partial charge < -0.3 is 4.57 Å². The molecule has 0 spiro atoms. The molecule has 1 aliphatic carbocycles. The number of carbonyl (C=O) groups is 4. The molecule has 1 atom stereocenters. The van der Waals surface area contributed by atoms with Crippen molar-refractivity contribution in [1.29, 1.82) is 0 Å². The molecule has 11 heteroatoms. The number of carbonyl (C=O) groups excluding carboxylic acids is 4. The normalized spacial score (nSPS) is 23.3. The van der Waals surface area contributed by atoms with Crippen LogP contribution in [-0.2, 0) is 16.1 Å². The molecule has 1 N–H and O–H groups in total. The lowest BCUT2D eigenvalue weighted by Gasteiger charge is -2.42. The summed E-state index contributed by atoms with van der Waals surface area (Å²) in [5.74, 6) is -1.95. The molecule has 0 radical (unpaired) electrons. The smallest absolute Gasteiger partial charge is 0.262 e. The monoisotopic (exact) mass is 681 g/mol. The van der Waals surface area contributed by atoms with Gasteiger partial charge in [0.25, 0.3) is 11.8 Å². The number of nitrogens with one attached hydrogen (secondary N) is 1. The van der Waals surface area contributed by atoms with Gasteiger partial charge in [0, 0.05) is 91.1 Å². The maximum atomic E-state index is 13.9. The highest BCUT2D eigenvalue weighted by atomic mass is 16.2. The second-order valence-corrected chi connectivity index (χ2v) is 14.3. The second-order valence-electron chi connectivity index (χ2n) is 14.3. The molecule has 258 valence electrons. The Bertz CT molecular complexity index is 2200. The van der Waals surface area contributed by atoms with Crippen molar-refractivity contribution >= 4 is 45.4 Å². The van der Waals surface area contributed by atoms with Crippen molar-refractivity contribution in [3.05, 3.63) is 96.1 Å². The van der Waals surface area contributed by atoms with Gasteiger partial charge in [0.2, 0.25) is 11.8 Å². The number of imide groups is 2. The Kier molecular flexibility index (Phi) is 7.96. The van der Waals surface area contributed by atoms with E-state index < -0.39 is 23.8 Å². The summed E-state index contributed by atoms with van der Waals surface area (Å²) in [5.41, 5.74) is 5.24. The van der Waals surface area contributed by atoms with Crippen molar-refractivity contribution in [3.8, 4) is 11.1 Å². The number of piperazine rings is 1. The van der Waals surface area contributed by atoms with Crippen LogP contribution in [0, 0.1) is 0 Å². The van der Waals surface area contributed by atoms with Gasteiger partial charge in [-0.05, 0) is 66.8 Å². The fourth-order valence-corrected chi connectivity index (χ4v) is 8.85. The Labute approximate surface area is 295 Å². The van der Waals surface area contributed by atoms with Crippen LogP contribution < -0.4 is 5.32 Å². The summed E-state index contributed by atoms with van der Waals surface area (Å²) >= 11 is 0. The van der Waals surface area contributed by atoms with Crippen molar-refractivity contribution in [2.75, 3.05) is 26.2 Å². The van der Waals surface area contributed by atoms with Crippen LogP contribution in [0.15, 0.2) is 79.4 Å². The van der Waals surface area contributed by atoms with Gasteiger partial charge in [0.05, 0.1) is 0 Å². The molecule has 4 amide bonds. The molecule has 1 saturated carbocycles. The molecule has 5 aromatic rings. The fourth-order valence-electron chi connectivity index (χ4n) is 8.85. The molecule has 11 nitrogen and oxygen atoms in total. The average Bonchev–Trinajstić information content (AvgIpc) is 3.55. The van der Waals surface area contributed by atoms with E-state index in [2.05, 4.69) is 61.2 Å². The van der Waals surface area contributed by atoms with Crippen LogP contribution in [0.25, 0.3) is 32.9 Å². The predicted molar refractivity (Wildman–Crippen MR) is 192 cm³/mol. The molecule has 5 heterocycles. The van der Waals surface area contributed by atoms with Crippen LogP contribution in [0.1, 0.15) is 70.8 Å². The number of nitrogens with zero attached hydrogens (tertiary/aromatic N) is 6. The SMILES string of the molecule is O=C1CCC(N2C(=O)c3cccc4cc(CN5CCN(C6CCC(n7cc(-c8ccccc8)c8cncnc87)CC6)CC5)cc(c34)C2=O)C(=O)N1. The van der Waals surface area contributed by atoms with E-state index in [1.807, 2.05) is 30.5 Å². The summed E-state index contributed by atoms with van der Waals surface area (Å²) in [4.78, 5) is 67.0. The van der Waals surface area contributed by atoms with Gasteiger partial charge in [-0.3, -0.25) is 39.2 Å². The maximum Gasteiger partial charge on any atom is 0.262 e. The Morgan fingerprint density at radius 2 is 1.53 bits per heavy atom.